The Kier molecular flexibility index (Phi) is 2.64. The maximum atomic E-state index is 11.2. The van der Waals surface area contributed by atoms with Gasteiger partial charge in [-0.15, -0.1) is 0 Å². The highest BCUT2D eigenvalue weighted by Gasteiger charge is 2.41. The van der Waals surface area contributed by atoms with Crippen LogP contribution in [0.5, 0.6) is 0 Å². The van der Waals surface area contributed by atoms with Gasteiger partial charge in [-0.1, -0.05) is 0 Å². The van der Waals surface area contributed by atoms with E-state index in [-0.39, 0.29) is 12.8 Å². The second kappa shape index (κ2) is 3.57. The number of carbonyl (C=O) groups is 4. The fourth-order valence-corrected chi connectivity index (χ4v) is 1.34. The zero-order valence-electron chi connectivity index (χ0n) is 7.52. The van der Waals surface area contributed by atoms with Crippen molar-refractivity contribution in [1.82, 2.24) is 4.90 Å². The first-order valence-corrected chi connectivity index (χ1v) is 4.05. The highest BCUT2D eigenvalue weighted by Crippen LogP contribution is 2.19. The second-order valence-corrected chi connectivity index (χ2v) is 3.02. The number of aliphatic carboxylic acids is 1. The van der Waals surface area contributed by atoms with Gasteiger partial charge in [0.1, 0.15) is 6.04 Å². The van der Waals surface area contributed by atoms with Crippen LogP contribution in [0.2, 0.25) is 0 Å². The van der Waals surface area contributed by atoms with Gasteiger partial charge in [-0.25, -0.2) is 4.79 Å². The molecule has 1 atom stereocenters. The van der Waals surface area contributed by atoms with E-state index in [1.165, 1.54) is 0 Å². The summed E-state index contributed by atoms with van der Waals surface area (Å²) < 4.78 is 0. The quantitative estimate of drug-likeness (QED) is 0.586. The standard InChI is InChI=1S/C8H9NO5/c1-4(10)7(12)9-5(8(13)14)2-3-6(9)11/h5H,2-3H2,1H3,(H,13,14)/t5-/m0/s1. The third-order valence-electron chi connectivity index (χ3n) is 2.02. The maximum absolute atomic E-state index is 11.2. The fraction of sp³-hybridized carbons (Fsp3) is 0.500. The van der Waals surface area contributed by atoms with Gasteiger partial charge in [-0.2, -0.15) is 0 Å². The zero-order valence-corrected chi connectivity index (χ0v) is 7.52. The van der Waals surface area contributed by atoms with E-state index in [1.807, 2.05) is 0 Å². The molecule has 1 N–H and O–H groups in total. The monoisotopic (exact) mass is 199 g/mol. The van der Waals surface area contributed by atoms with Crippen molar-refractivity contribution in [2.45, 2.75) is 25.8 Å². The summed E-state index contributed by atoms with van der Waals surface area (Å²) in [6.07, 6.45) is 0.0726. The van der Waals surface area contributed by atoms with E-state index in [4.69, 9.17) is 5.11 Å². The fourth-order valence-electron chi connectivity index (χ4n) is 1.34. The van der Waals surface area contributed by atoms with Gasteiger partial charge < -0.3 is 5.11 Å². The number of nitrogens with zero attached hydrogens (tertiary/aromatic N) is 1. The molecule has 0 bridgehead atoms. The lowest BCUT2D eigenvalue weighted by Crippen LogP contribution is -2.45. The molecule has 1 fully saturated rings. The van der Waals surface area contributed by atoms with E-state index in [9.17, 15) is 19.2 Å². The molecule has 0 aromatic carbocycles. The molecule has 76 valence electrons. The number of Topliss-reactive ketones (excluding diaryl/α,β-unsaturated/α-hetero) is 1. The van der Waals surface area contributed by atoms with Crippen LogP contribution in [0, 0.1) is 0 Å². The van der Waals surface area contributed by atoms with Crippen molar-refractivity contribution in [1.29, 1.82) is 0 Å². The third kappa shape index (κ3) is 1.63. The summed E-state index contributed by atoms with van der Waals surface area (Å²) >= 11 is 0. The number of rotatable bonds is 2. The van der Waals surface area contributed by atoms with Crippen LogP contribution in [0.3, 0.4) is 0 Å². The Labute approximate surface area is 79.5 Å². The number of carbonyl (C=O) groups excluding carboxylic acids is 3. The van der Waals surface area contributed by atoms with Crippen LogP contribution in [0.4, 0.5) is 0 Å². The zero-order chi connectivity index (χ0) is 10.9. The minimum atomic E-state index is -1.26. The lowest BCUT2D eigenvalue weighted by Gasteiger charge is -2.17. The molecular weight excluding hydrogens is 190 g/mol. The first kappa shape index (κ1) is 10.4. The molecule has 1 rings (SSSR count). The number of likely N-dealkylation sites (tertiary alicyclic amines) is 1. The molecule has 1 aliphatic rings. The van der Waals surface area contributed by atoms with Gasteiger partial charge in [0.25, 0.3) is 5.91 Å². The first-order valence-electron chi connectivity index (χ1n) is 4.05. The predicted molar refractivity (Wildman–Crippen MR) is 43.2 cm³/mol. The van der Waals surface area contributed by atoms with Crippen LogP contribution in [-0.4, -0.2) is 39.6 Å². The van der Waals surface area contributed by atoms with Crippen LogP contribution < -0.4 is 0 Å². The molecule has 1 saturated heterocycles. The van der Waals surface area contributed by atoms with Crippen molar-refractivity contribution in [2.75, 3.05) is 0 Å². The summed E-state index contributed by atoms with van der Waals surface area (Å²) in [5, 5.41) is 8.67. The maximum Gasteiger partial charge on any atom is 0.326 e. The average Bonchev–Trinajstić information content (AvgIpc) is 2.45. The van der Waals surface area contributed by atoms with Gasteiger partial charge in [0.15, 0.2) is 0 Å². The molecule has 0 saturated carbocycles. The number of carboxylic acid groups (broad SMARTS) is 1. The number of imide groups is 1. The topological polar surface area (TPSA) is 91.8 Å². The Morgan fingerprint density at radius 1 is 1.43 bits per heavy atom. The van der Waals surface area contributed by atoms with Crippen molar-refractivity contribution in [3.63, 3.8) is 0 Å². The van der Waals surface area contributed by atoms with Crippen LogP contribution >= 0.6 is 0 Å². The highest BCUT2D eigenvalue weighted by atomic mass is 16.4. The van der Waals surface area contributed by atoms with Gasteiger partial charge in [-0.05, 0) is 6.42 Å². The minimum absolute atomic E-state index is 0.00398. The van der Waals surface area contributed by atoms with E-state index >= 15 is 0 Å². The highest BCUT2D eigenvalue weighted by molar-refractivity contribution is 6.38. The average molecular weight is 199 g/mol. The van der Waals surface area contributed by atoms with E-state index in [2.05, 4.69) is 0 Å². The van der Waals surface area contributed by atoms with Gasteiger partial charge in [0, 0.05) is 13.3 Å². The molecule has 14 heavy (non-hydrogen) atoms. The number of carboxylic acids is 1. The molecule has 0 unspecified atom stereocenters. The number of hydrogen-bond acceptors (Lipinski definition) is 4. The number of amides is 2. The Bertz CT molecular complexity index is 322. The van der Waals surface area contributed by atoms with E-state index in [1.54, 1.807) is 0 Å². The Morgan fingerprint density at radius 3 is 2.43 bits per heavy atom. The molecule has 0 spiro atoms. The lowest BCUT2D eigenvalue weighted by molar-refractivity contribution is -0.156. The van der Waals surface area contributed by atoms with Gasteiger partial charge in [-0.3, -0.25) is 19.3 Å². The molecule has 2 amide bonds. The van der Waals surface area contributed by atoms with Crippen LogP contribution in [0.25, 0.3) is 0 Å². The molecule has 0 aliphatic carbocycles. The molecular formula is C8H9NO5. The molecule has 0 radical (unpaired) electrons. The Balaban J connectivity index is 2.93. The van der Waals surface area contributed by atoms with Crippen molar-refractivity contribution < 1.29 is 24.3 Å². The number of hydrogen-bond donors (Lipinski definition) is 1. The van der Waals surface area contributed by atoms with E-state index in [0.717, 1.165) is 6.92 Å². The van der Waals surface area contributed by atoms with Gasteiger partial charge in [0.2, 0.25) is 11.7 Å². The Morgan fingerprint density at radius 2 is 2.00 bits per heavy atom. The largest absolute Gasteiger partial charge is 0.480 e. The number of ketones is 1. The lowest BCUT2D eigenvalue weighted by atomic mass is 10.2. The molecule has 1 aliphatic heterocycles. The summed E-state index contributed by atoms with van der Waals surface area (Å²) in [6, 6.07) is -1.18. The van der Waals surface area contributed by atoms with Gasteiger partial charge >= 0.3 is 5.97 Å². The SMILES string of the molecule is CC(=O)C(=O)N1C(=O)CC[C@H]1C(=O)O. The summed E-state index contributed by atoms with van der Waals surface area (Å²) in [5.74, 6) is -3.73. The van der Waals surface area contributed by atoms with Crippen molar-refractivity contribution in [3.8, 4) is 0 Å². The van der Waals surface area contributed by atoms with Crippen molar-refractivity contribution in [3.05, 3.63) is 0 Å². The van der Waals surface area contributed by atoms with Crippen LogP contribution in [-0.2, 0) is 19.2 Å². The second-order valence-electron chi connectivity index (χ2n) is 3.02. The molecule has 1 heterocycles. The molecule has 0 aromatic heterocycles. The molecule has 0 aromatic rings. The van der Waals surface area contributed by atoms with Gasteiger partial charge in [0.05, 0.1) is 0 Å². The van der Waals surface area contributed by atoms with E-state index in [0.29, 0.717) is 4.90 Å². The summed E-state index contributed by atoms with van der Waals surface area (Å²) in [7, 11) is 0. The summed E-state index contributed by atoms with van der Waals surface area (Å²) in [6.45, 7) is 1.01. The van der Waals surface area contributed by atoms with Crippen molar-refractivity contribution in [2.24, 2.45) is 0 Å². The van der Waals surface area contributed by atoms with E-state index < -0.39 is 29.6 Å². The molecule has 6 nitrogen and oxygen atoms in total. The summed E-state index contributed by atoms with van der Waals surface area (Å²) in [4.78, 5) is 44.2. The smallest absolute Gasteiger partial charge is 0.326 e. The van der Waals surface area contributed by atoms with Crippen molar-refractivity contribution >= 4 is 23.6 Å². The van der Waals surface area contributed by atoms with Crippen LogP contribution in [0.1, 0.15) is 19.8 Å². The molecule has 6 heteroatoms. The third-order valence-corrected chi connectivity index (χ3v) is 2.02. The summed E-state index contributed by atoms with van der Waals surface area (Å²) in [5.41, 5.74) is 0. The normalized spacial score (nSPS) is 21.1. The minimum Gasteiger partial charge on any atom is -0.480 e. The Hall–Kier alpha value is -1.72. The van der Waals surface area contributed by atoms with Crippen LogP contribution in [0.15, 0.2) is 0 Å². The predicted octanol–water partition coefficient (Wildman–Crippen LogP) is -0.822. The first-order chi connectivity index (χ1) is 6.45.